The van der Waals surface area contributed by atoms with Crippen LogP contribution in [0.3, 0.4) is 0 Å². The average Bonchev–Trinajstić information content (AvgIpc) is 2.51. The molecule has 0 aromatic carbocycles. The quantitative estimate of drug-likeness (QED) is 0.434. The third-order valence-electron chi connectivity index (χ3n) is 3.96. The average molecular weight is 405 g/mol. The van der Waals surface area contributed by atoms with E-state index in [0.29, 0.717) is 19.8 Å². The lowest BCUT2D eigenvalue weighted by Crippen LogP contribution is -2.54. The fourth-order valence-electron chi connectivity index (χ4n) is 2.53. The molecule has 1 amide bonds. The molecule has 3 N–H and O–H groups in total. The molecule has 170 valence electrons. The molecule has 0 fully saturated rings. The molecule has 0 saturated heterocycles. The molecule has 0 heterocycles. The Morgan fingerprint density at radius 2 is 1.46 bits per heavy atom. The first kappa shape index (κ1) is 27.3. The standard InChI is InChI=1S/C22H46N2O4.H2/c1-20(2,3)24-18(16-28-22(7,8)9)19(26)23-13-11-10-12-17(14-25)15-27-21(4,5)6;/h17-18,24-25H,10-16H2,1-9H3,(H,23,26);1H/t17?,18-;/m0./s1. The molecule has 2 atom stereocenters. The summed E-state index contributed by atoms with van der Waals surface area (Å²) in [6.07, 6.45) is 2.70. The van der Waals surface area contributed by atoms with E-state index in [9.17, 15) is 9.90 Å². The highest BCUT2D eigenvalue weighted by molar-refractivity contribution is 5.82. The van der Waals surface area contributed by atoms with E-state index in [1.165, 1.54) is 0 Å². The van der Waals surface area contributed by atoms with Crippen LogP contribution in [0.1, 0.15) is 83.0 Å². The zero-order chi connectivity index (χ0) is 22.0. The summed E-state index contributed by atoms with van der Waals surface area (Å²) >= 11 is 0. The van der Waals surface area contributed by atoms with E-state index in [0.717, 1.165) is 19.3 Å². The van der Waals surface area contributed by atoms with Crippen molar-refractivity contribution in [2.75, 3.05) is 26.4 Å². The molecule has 0 saturated carbocycles. The summed E-state index contributed by atoms with van der Waals surface area (Å²) in [6, 6.07) is -0.385. The van der Waals surface area contributed by atoms with Gasteiger partial charge in [-0.25, -0.2) is 0 Å². The van der Waals surface area contributed by atoms with Crippen LogP contribution in [0.2, 0.25) is 0 Å². The number of rotatable bonds is 12. The molecule has 0 aliphatic rings. The van der Waals surface area contributed by atoms with Crippen LogP contribution in [-0.2, 0) is 14.3 Å². The summed E-state index contributed by atoms with van der Waals surface area (Å²) in [6.45, 7) is 19.8. The molecule has 6 heteroatoms. The van der Waals surface area contributed by atoms with Crippen LogP contribution in [0.25, 0.3) is 0 Å². The van der Waals surface area contributed by atoms with Crippen LogP contribution in [0, 0.1) is 5.92 Å². The summed E-state index contributed by atoms with van der Waals surface area (Å²) in [7, 11) is 0. The Morgan fingerprint density at radius 3 is 1.93 bits per heavy atom. The lowest BCUT2D eigenvalue weighted by atomic mass is 10.0. The van der Waals surface area contributed by atoms with Crippen molar-refractivity contribution in [3.8, 4) is 0 Å². The van der Waals surface area contributed by atoms with Gasteiger partial charge in [-0.1, -0.05) is 6.42 Å². The van der Waals surface area contributed by atoms with Gasteiger partial charge in [-0.05, 0) is 75.2 Å². The summed E-state index contributed by atoms with van der Waals surface area (Å²) in [5.41, 5.74) is -0.650. The molecule has 0 aliphatic carbocycles. The van der Waals surface area contributed by atoms with Crippen LogP contribution < -0.4 is 10.6 Å². The third kappa shape index (κ3) is 16.3. The van der Waals surface area contributed by atoms with Crippen molar-refractivity contribution in [3.63, 3.8) is 0 Å². The normalized spacial score (nSPS) is 15.4. The monoisotopic (exact) mass is 404 g/mol. The highest BCUT2D eigenvalue weighted by Crippen LogP contribution is 2.14. The molecule has 28 heavy (non-hydrogen) atoms. The smallest absolute Gasteiger partial charge is 0.239 e. The highest BCUT2D eigenvalue weighted by atomic mass is 16.5. The van der Waals surface area contributed by atoms with Crippen molar-refractivity contribution in [1.29, 1.82) is 0 Å². The maximum absolute atomic E-state index is 12.6. The van der Waals surface area contributed by atoms with E-state index in [-0.39, 0.29) is 42.6 Å². The minimum Gasteiger partial charge on any atom is -0.396 e. The zero-order valence-corrected chi connectivity index (χ0v) is 19.8. The molecule has 0 bridgehead atoms. The first-order chi connectivity index (χ1) is 12.6. The van der Waals surface area contributed by atoms with Gasteiger partial charge < -0.3 is 19.9 Å². The molecule has 0 radical (unpaired) electrons. The second kappa shape index (κ2) is 12.1. The Morgan fingerprint density at radius 1 is 0.929 bits per heavy atom. The maximum atomic E-state index is 12.6. The zero-order valence-electron chi connectivity index (χ0n) is 19.8. The van der Waals surface area contributed by atoms with Crippen molar-refractivity contribution in [2.24, 2.45) is 5.92 Å². The number of nitrogens with one attached hydrogen (secondary N) is 2. The molecule has 0 spiro atoms. The van der Waals surface area contributed by atoms with Crippen LogP contribution in [0.5, 0.6) is 0 Å². The van der Waals surface area contributed by atoms with Crippen LogP contribution in [0.4, 0.5) is 0 Å². The molecule has 1 unspecified atom stereocenters. The minimum atomic E-state index is -0.385. The second-order valence-corrected chi connectivity index (χ2v) is 10.6. The van der Waals surface area contributed by atoms with Crippen LogP contribution in [-0.4, -0.2) is 60.2 Å². The van der Waals surface area contributed by atoms with E-state index >= 15 is 0 Å². The molecule has 0 aliphatic heterocycles. The number of aliphatic hydroxyl groups is 1. The fourth-order valence-corrected chi connectivity index (χ4v) is 2.53. The summed E-state index contributed by atoms with van der Waals surface area (Å²) in [5, 5.41) is 15.9. The Bertz CT molecular complexity index is 440. The number of unbranched alkanes of at least 4 members (excludes halogenated alkanes) is 1. The predicted molar refractivity (Wildman–Crippen MR) is 118 cm³/mol. The lowest BCUT2D eigenvalue weighted by Gasteiger charge is -2.30. The van der Waals surface area contributed by atoms with Crippen molar-refractivity contribution in [2.45, 2.75) is 104 Å². The van der Waals surface area contributed by atoms with Gasteiger partial charge in [0.05, 0.1) is 24.4 Å². The van der Waals surface area contributed by atoms with Gasteiger partial charge >= 0.3 is 0 Å². The minimum absolute atomic E-state index is 0. The van der Waals surface area contributed by atoms with Crippen molar-refractivity contribution >= 4 is 5.91 Å². The van der Waals surface area contributed by atoms with E-state index in [1.54, 1.807) is 0 Å². The van der Waals surface area contributed by atoms with Gasteiger partial charge in [0.15, 0.2) is 0 Å². The van der Waals surface area contributed by atoms with Gasteiger partial charge in [-0.3, -0.25) is 10.1 Å². The van der Waals surface area contributed by atoms with Crippen molar-refractivity contribution < 1.29 is 20.8 Å². The summed E-state index contributed by atoms with van der Waals surface area (Å²) < 4.78 is 11.6. The number of hydrogen-bond donors (Lipinski definition) is 3. The number of carbonyl (C=O) groups is 1. The Labute approximate surface area is 174 Å². The van der Waals surface area contributed by atoms with Gasteiger partial charge in [-0.15, -0.1) is 0 Å². The number of aliphatic hydroxyl groups excluding tert-OH is 1. The van der Waals surface area contributed by atoms with Gasteiger partial charge in [-0.2, -0.15) is 0 Å². The second-order valence-electron chi connectivity index (χ2n) is 10.6. The first-order valence-electron chi connectivity index (χ1n) is 10.6. The van der Waals surface area contributed by atoms with Gasteiger partial charge in [0.2, 0.25) is 5.91 Å². The van der Waals surface area contributed by atoms with Crippen molar-refractivity contribution in [3.05, 3.63) is 0 Å². The SMILES string of the molecule is CC(C)(C)N[C@@H](COC(C)(C)C)C(=O)NCCCCC(CO)COC(C)(C)C.[HH]. The Kier molecular flexibility index (Phi) is 11.8. The molecule has 6 nitrogen and oxygen atoms in total. The van der Waals surface area contributed by atoms with Gasteiger partial charge in [0.1, 0.15) is 6.04 Å². The molecular formula is C22H48N2O4. The maximum Gasteiger partial charge on any atom is 0.239 e. The number of hydrogen-bond acceptors (Lipinski definition) is 5. The Hall–Kier alpha value is -0.690. The largest absolute Gasteiger partial charge is 0.396 e. The molecule has 0 aromatic heterocycles. The van der Waals surface area contributed by atoms with Gasteiger partial charge in [0.25, 0.3) is 0 Å². The van der Waals surface area contributed by atoms with E-state index in [2.05, 4.69) is 10.6 Å². The number of amides is 1. The van der Waals surface area contributed by atoms with Crippen LogP contribution in [0.15, 0.2) is 0 Å². The molecule has 0 rings (SSSR count). The predicted octanol–water partition coefficient (Wildman–Crippen LogP) is 3.51. The lowest BCUT2D eigenvalue weighted by molar-refractivity contribution is -0.127. The topological polar surface area (TPSA) is 79.8 Å². The van der Waals surface area contributed by atoms with Crippen LogP contribution >= 0.6 is 0 Å². The highest BCUT2D eigenvalue weighted by Gasteiger charge is 2.25. The Balaban J connectivity index is 0. The summed E-state index contributed by atoms with van der Waals surface area (Å²) in [5.74, 6) is 0.111. The van der Waals surface area contributed by atoms with E-state index < -0.39 is 0 Å². The number of ether oxygens (including phenoxy) is 2. The summed E-state index contributed by atoms with van der Waals surface area (Å²) in [4.78, 5) is 12.6. The van der Waals surface area contributed by atoms with E-state index in [1.807, 2.05) is 62.3 Å². The van der Waals surface area contributed by atoms with Gasteiger partial charge in [0, 0.05) is 26.0 Å². The first-order valence-corrected chi connectivity index (χ1v) is 10.6. The van der Waals surface area contributed by atoms with E-state index in [4.69, 9.17) is 9.47 Å². The molecular weight excluding hydrogens is 356 g/mol. The van der Waals surface area contributed by atoms with Crippen molar-refractivity contribution in [1.82, 2.24) is 10.6 Å². The fraction of sp³-hybridized carbons (Fsp3) is 0.955. The number of carbonyl (C=O) groups excluding carboxylic acids is 1. The third-order valence-corrected chi connectivity index (χ3v) is 3.96. The molecule has 0 aromatic rings.